The van der Waals surface area contributed by atoms with E-state index in [2.05, 4.69) is 10.1 Å². The Morgan fingerprint density at radius 3 is 3.00 bits per heavy atom. The van der Waals surface area contributed by atoms with Crippen LogP contribution in [0.25, 0.3) is 17.1 Å². The van der Waals surface area contributed by atoms with Crippen LogP contribution in [0.15, 0.2) is 28.6 Å². The first-order chi connectivity index (χ1) is 9.16. The second kappa shape index (κ2) is 4.64. The highest BCUT2D eigenvalue weighted by atomic mass is 35.5. The first-order valence-electron chi connectivity index (χ1n) is 5.48. The highest BCUT2D eigenvalue weighted by molar-refractivity contribution is 7.14. The molecule has 0 fully saturated rings. The number of aromatic nitrogens is 4. The average molecular weight is 293 g/mol. The van der Waals surface area contributed by atoms with Crippen molar-refractivity contribution in [2.45, 2.75) is 0 Å². The van der Waals surface area contributed by atoms with Crippen LogP contribution in [-0.2, 0) is 7.05 Å². The minimum absolute atomic E-state index is 0.0776. The largest absolute Gasteiger partial charge is 0.351 e. The van der Waals surface area contributed by atoms with Gasteiger partial charge in [0.15, 0.2) is 0 Å². The molecular formula is C12H9ClN4OS. The molecule has 0 amide bonds. The van der Waals surface area contributed by atoms with Crippen molar-refractivity contribution < 1.29 is 0 Å². The lowest BCUT2D eigenvalue weighted by molar-refractivity contribution is 0.897. The van der Waals surface area contributed by atoms with E-state index < -0.39 is 0 Å². The highest BCUT2D eigenvalue weighted by Crippen LogP contribution is 2.15. The van der Waals surface area contributed by atoms with Gasteiger partial charge in [-0.1, -0.05) is 22.9 Å². The van der Waals surface area contributed by atoms with Gasteiger partial charge in [0.1, 0.15) is 10.5 Å². The van der Waals surface area contributed by atoms with E-state index in [1.807, 2.05) is 36.0 Å². The predicted molar refractivity (Wildman–Crippen MR) is 76.5 cm³/mol. The van der Waals surface area contributed by atoms with Gasteiger partial charge in [-0.2, -0.15) is 9.61 Å². The Kier molecular flexibility index (Phi) is 2.96. The molecular weight excluding hydrogens is 284 g/mol. The van der Waals surface area contributed by atoms with Crippen molar-refractivity contribution in [1.29, 1.82) is 0 Å². The lowest BCUT2D eigenvalue weighted by Gasteiger charge is -1.99. The number of fused-ring (bicyclic) bond motifs is 1. The molecule has 3 aromatic heterocycles. The van der Waals surface area contributed by atoms with Crippen molar-refractivity contribution in [3.05, 3.63) is 50.6 Å². The van der Waals surface area contributed by atoms with Gasteiger partial charge in [-0.25, -0.2) is 4.98 Å². The van der Waals surface area contributed by atoms with Gasteiger partial charge in [-0.3, -0.25) is 4.79 Å². The molecule has 0 aliphatic carbocycles. The first-order valence-corrected chi connectivity index (χ1v) is 6.74. The van der Waals surface area contributed by atoms with Crippen LogP contribution in [0.4, 0.5) is 0 Å². The molecule has 5 nitrogen and oxygen atoms in total. The molecule has 0 spiro atoms. The van der Waals surface area contributed by atoms with E-state index >= 15 is 0 Å². The summed E-state index contributed by atoms with van der Waals surface area (Å²) in [7, 11) is 1.94. The van der Waals surface area contributed by atoms with Crippen LogP contribution in [0.2, 0.25) is 5.02 Å². The fourth-order valence-corrected chi connectivity index (χ4v) is 2.51. The Balaban J connectivity index is 2.11. The quantitative estimate of drug-likeness (QED) is 0.728. The fraction of sp³-hybridized carbons (Fsp3) is 0.0833. The van der Waals surface area contributed by atoms with Crippen LogP contribution >= 0.6 is 22.9 Å². The van der Waals surface area contributed by atoms with Crippen molar-refractivity contribution in [3.8, 4) is 0 Å². The van der Waals surface area contributed by atoms with Gasteiger partial charge in [0.25, 0.3) is 5.56 Å². The van der Waals surface area contributed by atoms with Crippen molar-refractivity contribution in [3.63, 3.8) is 0 Å². The molecule has 0 aromatic carbocycles. The summed E-state index contributed by atoms with van der Waals surface area (Å²) in [6, 6.07) is 3.90. The third-order valence-electron chi connectivity index (χ3n) is 2.72. The molecule has 0 aliphatic rings. The number of rotatable bonds is 2. The van der Waals surface area contributed by atoms with Crippen molar-refractivity contribution in [2.24, 2.45) is 7.05 Å². The second-order valence-electron chi connectivity index (χ2n) is 3.93. The molecule has 0 atom stereocenters. The predicted octanol–water partition coefficient (Wildman–Crippen LogP) is 2.31. The SMILES string of the molecule is Cn1cccc1/C=C/c1nc2scnn2c(=O)c1Cl. The standard InChI is InChI=1S/C12H9ClN4OS/c1-16-6-2-3-8(16)4-5-9-10(13)11(18)17-12(15-9)19-7-14-17/h2-7H,1H3/b5-4+. The number of aryl methyl sites for hydroxylation is 1. The molecule has 3 heterocycles. The number of nitrogens with zero attached hydrogens (tertiary/aromatic N) is 4. The van der Waals surface area contributed by atoms with Gasteiger partial charge in [-0.15, -0.1) is 0 Å². The molecule has 96 valence electrons. The van der Waals surface area contributed by atoms with E-state index in [9.17, 15) is 4.79 Å². The van der Waals surface area contributed by atoms with Crippen LogP contribution in [0.5, 0.6) is 0 Å². The van der Waals surface area contributed by atoms with E-state index in [0.717, 1.165) is 5.69 Å². The van der Waals surface area contributed by atoms with Crippen molar-refractivity contribution in [1.82, 2.24) is 19.2 Å². The highest BCUT2D eigenvalue weighted by Gasteiger charge is 2.10. The maximum Gasteiger partial charge on any atom is 0.294 e. The lowest BCUT2D eigenvalue weighted by atomic mass is 10.3. The molecule has 0 radical (unpaired) electrons. The molecule has 0 bridgehead atoms. The summed E-state index contributed by atoms with van der Waals surface area (Å²) in [6.07, 6.45) is 5.54. The number of hydrogen-bond donors (Lipinski definition) is 0. The van der Waals surface area contributed by atoms with Gasteiger partial charge >= 0.3 is 0 Å². The van der Waals surface area contributed by atoms with E-state index in [1.165, 1.54) is 15.9 Å². The Morgan fingerprint density at radius 2 is 2.26 bits per heavy atom. The van der Waals surface area contributed by atoms with Gasteiger partial charge in [0, 0.05) is 18.9 Å². The smallest absolute Gasteiger partial charge is 0.294 e. The zero-order chi connectivity index (χ0) is 13.4. The first kappa shape index (κ1) is 12.1. The van der Waals surface area contributed by atoms with Gasteiger partial charge in [-0.05, 0) is 24.3 Å². The Labute approximate surface area is 117 Å². The van der Waals surface area contributed by atoms with Crippen LogP contribution in [0.3, 0.4) is 0 Å². The minimum Gasteiger partial charge on any atom is -0.351 e. The topological polar surface area (TPSA) is 52.2 Å². The van der Waals surface area contributed by atoms with Crippen molar-refractivity contribution in [2.75, 3.05) is 0 Å². The van der Waals surface area contributed by atoms with Crippen LogP contribution in [0, 0.1) is 0 Å². The maximum atomic E-state index is 11.9. The van der Waals surface area contributed by atoms with E-state index in [-0.39, 0.29) is 10.6 Å². The molecule has 3 aromatic rings. The molecule has 0 saturated carbocycles. The van der Waals surface area contributed by atoms with Crippen molar-refractivity contribution >= 4 is 40.1 Å². The summed E-state index contributed by atoms with van der Waals surface area (Å²) < 4.78 is 3.16. The van der Waals surface area contributed by atoms with E-state index in [0.29, 0.717) is 10.7 Å². The summed E-state index contributed by atoms with van der Waals surface area (Å²) in [4.78, 5) is 16.8. The van der Waals surface area contributed by atoms with Crippen LogP contribution < -0.4 is 5.56 Å². The summed E-state index contributed by atoms with van der Waals surface area (Å²) in [6.45, 7) is 0. The van der Waals surface area contributed by atoms with Gasteiger partial charge in [0.2, 0.25) is 4.96 Å². The summed E-state index contributed by atoms with van der Waals surface area (Å²) in [5, 5.41) is 3.97. The van der Waals surface area contributed by atoms with E-state index in [4.69, 9.17) is 11.6 Å². The molecule has 0 unspecified atom stereocenters. The summed E-state index contributed by atoms with van der Waals surface area (Å²) in [5.74, 6) is 0. The molecule has 7 heteroatoms. The van der Waals surface area contributed by atoms with E-state index in [1.54, 1.807) is 11.6 Å². The normalized spacial score (nSPS) is 11.7. The Morgan fingerprint density at radius 1 is 1.42 bits per heavy atom. The average Bonchev–Trinajstić information content (AvgIpc) is 3.01. The minimum atomic E-state index is -0.348. The van der Waals surface area contributed by atoms with Gasteiger partial charge in [0.05, 0.1) is 5.69 Å². The molecule has 3 rings (SSSR count). The Bertz CT molecular complexity index is 830. The molecule has 0 aliphatic heterocycles. The maximum absolute atomic E-state index is 11.9. The monoisotopic (exact) mass is 292 g/mol. The summed E-state index contributed by atoms with van der Waals surface area (Å²) >= 11 is 7.31. The number of halogens is 1. The molecule has 19 heavy (non-hydrogen) atoms. The Hall–Kier alpha value is -1.92. The van der Waals surface area contributed by atoms with Gasteiger partial charge < -0.3 is 4.57 Å². The third-order valence-corrected chi connectivity index (χ3v) is 3.75. The molecule has 0 N–H and O–H groups in total. The van der Waals surface area contributed by atoms with Crippen LogP contribution in [0.1, 0.15) is 11.4 Å². The second-order valence-corrected chi connectivity index (χ2v) is 5.12. The third kappa shape index (κ3) is 2.09. The summed E-state index contributed by atoms with van der Waals surface area (Å²) in [5.41, 5.74) is 2.67. The lowest BCUT2D eigenvalue weighted by Crippen LogP contribution is -2.16. The zero-order valence-electron chi connectivity index (χ0n) is 9.95. The fourth-order valence-electron chi connectivity index (χ4n) is 1.71. The molecule has 0 saturated heterocycles. The zero-order valence-corrected chi connectivity index (χ0v) is 11.5. The van der Waals surface area contributed by atoms with Crippen LogP contribution in [-0.4, -0.2) is 19.2 Å². The number of hydrogen-bond acceptors (Lipinski definition) is 4.